The molecule has 0 radical (unpaired) electrons. The van der Waals surface area contributed by atoms with Crippen LogP contribution < -0.4 is 4.74 Å². The van der Waals surface area contributed by atoms with Gasteiger partial charge >= 0.3 is 11.9 Å². The molecular formula is C43H35NO6. The first-order chi connectivity index (χ1) is 24.4. The highest BCUT2D eigenvalue weighted by Gasteiger charge is 2.32. The highest BCUT2D eigenvalue weighted by atomic mass is 16.6. The Balaban J connectivity index is 0.000000195. The third-order valence-corrected chi connectivity index (χ3v) is 7.52. The summed E-state index contributed by atoms with van der Waals surface area (Å²) in [4.78, 5) is 22.5. The lowest BCUT2D eigenvalue weighted by molar-refractivity contribution is -0.146. The summed E-state index contributed by atoms with van der Waals surface area (Å²) in [6.07, 6.45) is 0.799. The maximum absolute atomic E-state index is 11.4. The van der Waals surface area contributed by atoms with Crippen molar-refractivity contribution < 1.29 is 28.5 Å². The van der Waals surface area contributed by atoms with Gasteiger partial charge in [-0.05, 0) is 88.8 Å². The molecule has 1 heterocycles. The van der Waals surface area contributed by atoms with Crippen LogP contribution in [0.2, 0.25) is 0 Å². The van der Waals surface area contributed by atoms with Crippen LogP contribution in [-0.4, -0.2) is 31.3 Å². The molecule has 248 valence electrons. The van der Waals surface area contributed by atoms with E-state index in [1.54, 1.807) is 0 Å². The van der Waals surface area contributed by atoms with Gasteiger partial charge in [-0.25, -0.2) is 9.59 Å². The largest absolute Gasteiger partial charge is 0.494 e. The van der Waals surface area contributed by atoms with Gasteiger partial charge < -0.3 is 18.9 Å². The third-order valence-electron chi connectivity index (χ3n) is 7.52. The third kappa shape index (κ3) is 10.6. The van der Waals surface area contributed by atoms with Crippen molar-refractivity contribution in [2.24, 2.45) is 0 Å². The topological polar surface area (TPSA) is 98.2 Å². The van der Waals surface area contributed by atoms with Crippen molar-refractivity contribution in [3.63, 3.8) is 0 Å². The summed E-state index contributed by atoms with van der Waals surface area (Å²) < 4.78 is 20.4. The summed E-state index contributed by atoms with van der Waals surface area (Å²) in [5, 5.41) is 8.88. The Labute approximate surface area is 292 Å². The number of esters is 2. The SMILES string of the molecule is C=CC(=O)OCc1ccc(-c2ccc(-c3ccc(C#N)cc3)cc2)cc1.CCOc1ccc(C#Cc2ccc(COC(=O)C3CO3)cc2)cc1. The highest BCUT2D eigenvalue weighted by molar-refractivity contribution is 5.81. The molecule has 7 nitrogen and oxygen atoms in total. The quantitative estimate of drug-likeness (QED) is 0.0647. The van der Waals surface area contributed by atoms with Crippen molar-refractivity contribution >= 4 is 11.9 Å². The molecule has 1 unspecified atom stereocenters. The summed E-state index contributed by atoms with van der Waals surface area (Å²) in [7, 11) is 0. The zero-order chi connectivity index (χ0) is 35.1. The summed E-state index contributed by atoms with van der Waals surface area (Å²) in [5.74, 6) is 6.36. The number of carbonyl (C=O) groups excluding carboxylic acids is 2. The number of ether oxygens (including phenoxy) is 4. The standard InChI is InChI=1S/C23H17NO2.C20H18O4/c1-2-23(25)26-16-18-5-9-20(10-6-18)22-13-11-21(12-14-22)19-7-3-17(15-24)4-8-19;1-2-22-18-11-9-16(10-12-18)4-3-15-5-7-17(8-6-15)13-24-20(21)19-14-23-19/h2-14H,1,16H2;5-12,19H,2,13-14H2,1H3. The van der Waals surface area contributed by atoms with Crippen molar-refractivity contribution in [2.45, 2.75) is 26.2 Å². The van der Waals surface area contributed by atoms with Crippen LogP contribution in [0.1, 0.15) is 34.7 Å². The Morgan fingerprint density at radius 2 is 1.12 bits per heavy atom. The molecule has 0 N–H and O–H groups in total. The first-order valence-electron chi connectivity index (χ1n) is 16.0. The number of nitrogens with zero attached hydrogens (tertiary/aromatic N) is 1. The molecule has 1 saturated heterocycles. The lowest BCUT2D eigenvalue weighted by atomic mass is 9.99. The molecule has 0 saturated carbocycles. The van der Waals surface area contributed by atoms with Gasteiger partial charge in [0.1, 0.15) is 19.0 Å². The number of carbonyl (C=O) groups is 2. The van der Waals surface area contributed by atoms with Crippen molar-refractivity contribution in [1.29, 1.82) is 5.26 Å². The second kappa shape index (κ2) is 17.7. The molecule has 1 atom stereocenters. The summed E-state index contributed by atoms with van der Waals surface area (Å²) in [5.41, 5.74) is 8.73. The van der Waals surface area contributed by atoms with Crippen LogP contribution in [-0.2, 0) is 37.0 Å². The predicted molar refractivity (Wildman–Crippen MR) is 192 cm³/mol. The molecule has 0 spiro atoms. The molecule has 7 heteroatoms. The Morgan fingerprint density at radius 1 is 0.700 bits per heavy atom. The van der Waals surface area contributed by atoms with Gasteiger partial charge in [-0.3, -0.25) is 0 Å². The molecule has 0 aliphatic carbocycles. The number of epoxide rings is 1. The zero-order valence-electron chi connectivity index (χ0n) is 27.6. The fraction of sp³-hybridized carbons (Fsp3) is 0.140. The van der Waals surface area contributed by atoms with E-state index in [9.17, 15) is 9.59 Å². The van der Waals surface area contributed by atoms with Crippen LogP contribution in [0.3, 0.4) is 0 Å². The molecular weight excluding hydrogens is 626 g/mol. The fourth-order valence-corrected chi connectivity index (χ4v) is 4.66. The van der Waals surface area contributed by atoms with Crippen LogP contribution >= 0.6 is 0 Å². The van der Waals surface area contributed by atoms with Gasteiger partial charge in [0, 0.05) is 17.2 Å². The number of hydrogen-bond acceptors (Lipinski definition) is 7. The zero-order valence-corrected chi connectivity index (χ0v) is 27.6. The minimum atomic E-state index is -0.424. The van der Waals surface area contributed by atoms with Crippen LogP contribution in [0.5, 0.6) is 5.75 Å². The molecule has 1 aliphatic heterocycles. The number of nitriles is 1. The van der Waals surface area contributed by atoms with E-state index in [4.69, 9.17) is 24.2 Å². The Bertz CT molecular complexity index is 1990. The lowest BCUT2D eigenvalue weighted by Gasteiger charge is -2.07. The fourth-order valence-electron chi connectivity index (χ4n) is 4.66. The number of rotatable bonds is 10. The molecule has 1 aliphatic rings. The smallest absolute Gasteiger partial charge is 0.338 e. The lowest BCUT2D eigenvalue weighted by Crippen LogP contribution is -2.11. The van der Waals surface area contributed by atoms with Gasteiger partial charge in [0.05, 0.1) is 24.8 Å². The van der Waals surface area contributed by atoms with Crippen molar-refractivity contribution in [2.75, 3.05) is 13.2 Å². The average molecular weight is 662 g/mol. The molecule has 0 amide bonds. The Morgan fingerprint density at radius 3 is 1.58 bits per heavy atom. The predicted octanol–water partition coefficient (Wildman–Crippen LogP) is 8.05. The maximum Gasteiger partial charge on any atom is 0.338 e. The summed E-state index contributed by atoms with van der Waals surface area (Å²) in [6.45, 7) is 6.95. The monoisotopic (exact) mass is 661 g/mol. The summed E-state index contributed by atoms with van der Waals surface area (Å²) in [6, 6.07) is 41.2. The van der Waals surface area contributed by atoms with Crippen molar-refractivity contribution in [3.8, 4) is 45.9 Å². The number of benzene rings is 5. The van der Waals surface area contributed by atoms with Gasteiger partial charge in [0.15, 0.2) is 6.10 Å². The van der Waals surface area contributed by atoms with E-state index in [2.05, 4.69) is 48.8 Å². The van der Waals surface area contributed by atoms with Crippen LogP contribution in [0, 0.1) is 23.2 Å². The average Bonchev–Trinajstić information content (AvgIpc) is 4.03. The minimum Gasteiger partial charge on any atom is -0.494 e. The molecule has 6 rings (SSSR count). The van der Waals surface area contributed by atoms with E-state index < -0.39 is 5.97 Å². The minimum absolute atomic E-state index is 0.239. The van der Waals surface area contributed by atoms with Crippen LogP contribution in [0.15, 0.2) is 134 Å². The van der Waals surface area contributed by atoms with Crippen molar-refractivity contribution in [1.82, 2.24) is 0 Å². The van der Waals surface area contributed by atoms with Gasteiger partial charge in [-0.15, -0.1) is 0 Å². The van der Waals surface area contributed by atoms with E-state index in [0.717, 1.165) is 56.3 Å². The molecule has 50 heavy (non-hydrogen) atoms. The van der Waals surface area contributed by atoms with Crippen molar-refractivity contribution in [3.05, 3.63) is 162 Å². The van der Waals surface area contributed by atoms with E-state index in [1.807, 2.05) is 104 Å². The summed E-state index contributed by atoms with van der Waals surface area (Å²) >= 11 is 0. The van der Waals surface area contributed by atoms with Crippen LogP contribution in [0.4, 0.5) is 0 Å². The van der Waals surface area contributed by atoms with Gasteiger partial charge in [0.25, 0.3) is 0 Å². The first-order valence-corrected chi connectivity index (χ1v) is 16.0. The molecule has 0 aromatic heterocycles. The second-order valence-corrected chi connectivity index (χ2v) is 11.1. The maximum atomic E-state index is 11.4. The van der Waals surface area contributed by atoms with E-state index in [0.29, 0.717) is 18.8 Å². The Hall–Kier alpha value is -6.41. The van der Waals surface area contributed by atoms with E-state index in [-0.39, 0.29) is 25.3 Å². The molecule has 5 aromatic rings. The first kappa shape index (κ1) is 34.9. The van der Waals surface area contributed by atoms with E-state index in [1.165, 1.54) is 0 Å². The van der Waals surface area contributed by atoms with Gasteiger partial charge in [0.2, 0.25) is 0 Å². The van der Waals surface area contributed by atoms with E-state index >= 15 is 0 Å². The normalized spacial score (nSPS) is 12.4. The molecule has 0 bridgehead atoms. The Kier molecular flexibility index (Phi) is 12.3. The van der Waals surface area contributed by atoms with Gasteiger partial charge in [-0.2, -0.15) is 5.26 Å². The van der Waals surface area contributed by atoms with Crippen LogP contribution in [0.25, 0.3) is 22.3 Å². The molecule has 5 aromatic carbocycles. The molecule has 1 fully saturated rings. The highest BCUT2D eigenvalue weighted by Crippen LogP contribution is 2.25. The second-order valence-electron chi connectivity index (χ2n) is 11.1. The number of hydrogen-bond donors (Lipinski definition) is 0. The van der Waals surface area contributed by atoms with Gasteiger partial charge in [-0.1, -0.05) is 91.2 Å².